The average molecular weight is 390 g/mol. The molecule has 2 fully saturated rings. The summed E-state index contributed by atoms with van der Waals surface area (Å²) in [7, 11) is -3.12. The number of piperidine rings is 1. The van der Waals surface area contributed by atoms with E-state index in [1.165, 1.54) is 6.07 Å². The van der Waals surface area contributed by atoms with Crippen LogP contribution < -0.4 is 10.7 Å². The van der Waals surface area contributed by atoms with Gasteiger partial charge in [-0.15, -0.1) is 0 Å². The lowest BCUT2D eigenvalue weighted by Gasteiger charge is -2.31. The van der Waals surface area contributed by atoms with Crippen LogP contribution in [0.4, 0.5) is 0 Å². The van der Waals surface area contributed by atoms with Crippen LogP contribution in [0.5, 0.6) is 0 Å². The second-order valence-electron chi connectivity index (χ2n) is 7.27. The van der Waals surface area contributed by atoms with Gasteiger partial charge in [0.05, 0.1) is 10.6 Å². The Kier molecular flexibility index (Phi) is 4.77. The molecule has 4 rings (SSSR count). The first-order chi connectivity index (χ1) is 12.9. The van der Waals surface area contributed by atoms with Crippen molar-refractivity contribution in [3.63, 3.8) is 0 Å². The molecule has 1 amide bonds. The molecule has 7 nitrogen and oxygen atoms in total. The van der Waals surface area contributed by atoms with Crippen LogP contribution in [0.15, 0.2) is 39.5 Å². The Morgan fingerprint density at radius 2 is 1.85 bits per heavy atom. The number of rotatable bonds is 5. The van der Waals surface area contributed by atoms with Crippen LogP contribution in [0.3, 0.4) is 0 Å². The van der Waals surface area contributed by atoms with Crippen molar-refractivity contribution >= 4 is 26.9 Å². The maximum atomic E-state index is 12.4. The number of carbonyl (C=O) groups excluding carboxylic acids is 1. The summed E-state index contributed by atoms with van der Waals surface area (Å²) in [6.45, 7) is 1.45. The predicted molar refractivity (Wildman–Crippen MR) is 101 cm³/mol. The van der Waals surface area contributed by atoms with Gasteiger partial charge in [-0.2, -0.15) is 0 Å². The number of carbonyl (C=O) groups is 1. The van der Waals surface area contributed by atoms with Crippen LogP contribution in [-0.2, 0) is 10.0 Å². The van der Waals surface area contributed by atoms with E-state index in [4.69, 9.17) is 4.42 Å². The van der Waals surface area contributed by atoms with Crippen molar-refractivity contribution in [2.24, 2.45) is 5.92 Å². The zero-order valence-corrected chi connectivity index (χ0v) is 15.7. The molecule has 144 valence electrons. The number of benzene rings is 1. The number of fused-ring (bicyclic) bond motifs is 1. The van der Waals surface area contributed by atoms with Crippen LogP contribution >= 0.6 is 0 Å². The Labute approximate surface area is 157 Å². The Bertz CT molecular complexity index is 1020. The monoisotopic (exact) mass is 390 g/mol. The third-order valence-electron chi connectivity index (χ3n) is 5.29. The molecule has 0 bridgehead atoms. The molecule has 0 spiro atoms. The van der Waals surface area contributed by atoms with Gasteiger partial charge < -0.3 is 9.73 Å². The summed E-state index contributed by atoms with van der Waals surface area (Å²) in [6.07, 6.45) is 2.98. The Balaban J connectivity index is 1.34. The number of sulfonamides is 1. The zero-order valence-electron chi connectivity index (χ0n) is 14.9. The molecule has 1 N–H and O–H groups in total. The highest BCUT2D eigenvalue weighted by molar-refractivity contribution is 7.90. The highest BCUT2D eigenvalue weighted by Crippen LogP contribution is 2.33. The highest BCUT2D eigenvalue weighted by atomic mass is 32.2. The molecule has 0 radical (unpaired) electrons. The molecule has 1 aromatic carbocycles. The average Bonchev–Trinajstić information content (AvgIpc) is 3.52. The molecule has 0 atom stereocenters. The summed E-state index contributed by atoms with van der Waals surface area (Å²) in [4.78, 5) is 24.5. The summed E-state index contributed by atoms with van der Waals surface area (Å²) >= 11 is 0. The largest absolute Gasteiger partial charge is 0.451 e. The Morgan fingerprint density at radius 1 is 1.15 bits per heavy atom. The first-order valence-electron chi connectivity index (χ1n) is 9.25. The van der Waals surface area contributed by atoms with Crippen molar-refractivity contribution in [2.45, 2.75) is 30.9 Å². The van der Waals surface area contributed by atoms with E-state index in [0.717, 1.165) is 12.8 Å². The number of hydrogen-bond donors (Lipinski definition) is 1. The minimum absolute atomic E-state index is 0.00699. The van der Waals surface area contributed by atoms with Gasteiger partial charge in [0.1, 0.15) is 5.58 Å². The molecule has 1 aliphatic heterocycles. The van der Waals surface area contributed by atoms with Gasteiger partial charge in [0.25, 0.3) is 5.91 Å². The number of nitrogens with one attached hydrogen (secondary N) is 1. The molecule has 1 saturated carbocycles. The van der Waals surface area contributed by atoms with Gasteiger partial charge in [-0.3, -0.25) is 9.59 Å². The van der Waals surface area contributed by atoms with Crippen LogP contribution in [0.1, 0.15) is 36.2 Å². The summed E-state index contributed by atoms with van der Waals surface area (Å²) < 4.78 is 31.6. The van der Waals surface area contributed by atoms with Gasteiger partial charge >= 0.3 is 0 Å². The van der Waals surface area contributed by atoms with Crippen molar-refractivity contribution in [3.8, 4) is 0 Å². The molecule has 2 aromatic rings. The molecule has 8 heteroatoms. The zero-order chi connectivity index (χ0) is 19.0. The van der Waals surface area contributed by atoms with Gasteiger partial charge in [-0.05, 0) is 43.7 Å². The third kappa shape index (κ3) is 3.77. The number of hydrogen-bond acceptors (Lipinski definition) is 5. The van der Waals surface area contributed by atoms with Gasteiger partial charge in [-0.1, -0.05) is 12.1 Å². The summed E-state index contributed by atoms with van der Waals surface area (Å²) in [5.41, 5.74) is 0.134. The number of para-hydroxylation sites is 1. The van der Waals surface area contributed by atoms with E-state index in [1.807, 2.05) is 0 Å². The van der Waals surface area contributed by atoms with E-state index < -0.39 is 15.9 Å². The fourth-order valence-corrected chi connectivity index (χ4v) is 5.36. The molecule has 0 unspecified atom stereocenters. The van der Waals surface area contributed by atoms with E-state index >= 15 is 0 Å². The smallest absolute Gasteiger partial charge is 0.287 e. The minimum Gasteiger partial charge on any atom is -0.451 e. The maximum Gasteiger partial charge on any atom is 0.287 e. The number of amides is 1. The van der Waals surface area contributed by atoms with Crippen LogP contribution in [0, 0.1) is 5.92 Å². The van der Waals surface area contributed by atoms with Gasteiger partial charge in [0.2, 0.25) is 10.0 Å². The summed E-state index contributed by atoms with van der Waals surface area (Å²) in [5.74, 6) is -0.217. The lowest BCUT2D eigenvalue weighted by atomic mass is 9.98. The van der Waals surface area contributed by atoms with E-state index in [9.17, 15) is 18.0 Å². The number of nitrogens with zero attached hydrogens (tertiary/aromatic N) is 1. The topological polar surface area (TPSA) is 96.7 Å². The van der Waals surface area contributed by atoms with E-state index in [-0.39, 0.29) is 22.4 Å². The minimum atomic E-state index is -3.12. The van der Waals surface area contributed by atoms with Crippen LogP contribution in [0.2, 0.25) is 0 Å². The van der Waals surface area contributed by atoms with Crippen molar-refractivity contribution in [1.29, 1.82) is 0 Å². The molecule has 2 heterocycles. The quantitative estimate of drug-likeness (QED) is 0.839. The van der Waals surface area contributed by atoms with Crippen LogP contribution in [-0.4, -0.2) is 43.5 Å². The standard InChI is InChI=1S/C19H22N2O5S/c22-16-11-18(26-17-4-2-1-3-15(16)17)19(23)20-12-13-7-9-21(10-8-13)27(24,25)14-5-6-14/h1-4,11,13-14H,5-10,12H2,(H,20,23). The first kappa shape index (κ1) is 18.2. The second kappa shape index (κ2) is 7.09. The predicted octanol–water partition coefficient (Wildman–Crippen LogP) is 1.73. The second-order valence-corrected chi connectivity index (χ2v) is 9.48. The van der Waals surface area contributed by atoms with E-state index in [2.05, 4.69) is 5.32 Å². The Hall–Kier alpha value is -2.19. The summed E-state index contributed by atoms with van der Waals surface area (Å²) in [6, 6.07) is 8.02. The lowest BCUT2D eigenvalue weighted by Crippen LogP contribution is -2.42. The molecule has 27 heavy (non-hydrogen) atoms. The SMILES string of the molecule is O=C(NCC1CCN(S(=O)(=O)C2CC2)CC1)c1cc(=O)c2ccccc2o1. The van der Waals surface area contributed by atoms with E-state index in [0.29, 0.717) is 43.4 Å². The molecular weight excluding hydrogens is 368 g/mol. The molecular formula is C19H22N2O5S. The molecule has 2 aliphatic rings. The third-order valence-corrected chi connectivity index (χ3v) is 7.69. The van der Waals surface area contributed by atoms with Gasteiger partial charge in [-0.25, -0.2) is 12.7 Å². The fourth-order valence-electron chi connectivity index (χ4n) is 3.48. The van der Waals surface area contributed by atoms with E-state index in [1.54, 1.807) is 28.6 Å². The fraction of sp³-hybridized carbons (Fsp3) is 0.474. The Morgan fingerprint density at radius 3 is 2.56 bits per heavy atom. The normalized spacial score (nSPS) is 19.3. The van der Waals surface area contributed by atoms with Crippen molar-refractivity contribution in [1.82, 2.24) is 9.62 Å². The molecule has 1 saturated heterocycles. The van der Waals surface area contributed by atoms with Crippen molar-refractivity contribution < 1.29 is 17.6 Å². The van der Waals surface area contributed by atoms with Crippen molar-refractivity contribution in [3.05, 3.63) is 46.3 Å². The van der Waals surface area contributed by atoms with Gasteiger partial charge in [0.15, 0.2) is 11.2 Å². The highest BCUT2D eigenvalue weighted by Gasteiger charge is 2.41. The maximum absolute atomic E-state index is 12.4. The van der Waals surface area contributed by atoms with Crippen molar-refractivity contribution in [2.75, 3.05) is 19.6 Å². The lowest BCUT2D eigenvalue weighted by molar-refractivity contribution is 0.0914. The molecule has 1 aliphatic carbocycles. The first-order valence-corrected chi connectivity index (χ1v) is 10.8. The van der Waals surface area contributed by atoms with Crippen LogP contribution in [0.25, 0.3) is 11.0 Å². The summed E-state index contributed by atoms with van der Waals surface area (Å²) in [5, 5.41) is 3.08. The van der Waals surface area contributed by atoms with Gasteiger partial charge in [0, 0.05) is 25.7 Å². The molecule has 1 aromatic heterocycles.